The first kappa shape index (κ1) is 16.9. The molecule has 7 heteroatoms. The maximum absolute atomic E-state index is 10.9. The smallest absolute Gasteiger partial charge is 0.217 e. The summed E-state index contributed by atoms with van der Waals surface area (Å²) in [5.41, 5.74) is 11.7. The molecular weight excluding hydrogens is 330 g/mol. The summed E-state index contributed by atoms with van der Waals surface area (Å²) in [6.07, 6.45) is 0.768. The van der Waals surface area contributed by atoms with E-state index in [4.69, 9.17) is 57.9 Å². The van der Waals surface area contributed by atoms with E-state index in [0.717, 1.165) is 0 Å². The molecular formula is C12H14Cl4N2O. The van der Waals surface area contributed by atoms with Crippen molar-refractivity contribution in [2.75, 3.05) is 0 Å². The van der Waals surface area contributed by atoms with Crippen LogP contribution in [0.3, 0.4) is 0 Å². The largest absolute Gasteiger partial charge is 0.370 e. The number of carbonyl (C=O) groups is 1. The zero-order valence-corrected chi connectivity index (χ0v) is 13.2. The summed E-state index contributed by atoms with van der Waals surface area (Å²) in [6.45, 7) is 1.88. The number of carbonyl (C=O) groups excluding carboxylic acids is 1. The summed E-state index contributed by atoms with van der Waals surface area (Å²) in [6, 6.07) is 1.06. The molecule has 0 saturated carbocycles. The molecule has 2 atom stereocenters. The minimum atomic E-state index is -0.441. The van der Waals surface area contributed by atoms with Gasteiger partial charge in [0.1, 0.15) is 0 Å². The highest BCUT2D eigenvalue weighted by atomic mass is 35.5. The maximum atomic E-state index is 10.9. The Kier molecular flexibility index (Phi) is 6.21. The van der Waals surface area contributed by atoms with Crippen LogP contribution in [0, 0.1) is 5.92 Å². The fourth-order valence-electron chi connectivity index (χ4n) is 1.90. The van der Waals surface area contributed by atoms with Crippen molar-refractivity contribution >= 4 is 52.3 Å². The van der Waals surface area contributed by atoms with Crippen molar-refractivity contribution in [1.29, 1.82) is 0 Å². The van der Waals surface area contributed by atoms with Gasteiger partial charge < -0.3 is 11.5 Å². The van der Waals surface area contributed by atoms with Gasteiger partial charge in [0.05, 0.1) is 15.1 Å². The molecule has 4 N–H and O–H groups in total. The monoisotopic (exact) mass is 342 g/mol. The van der Waals surface area contributed by atoms with E-state index >= 15 is 0 Å². The zero-order chi connectivity index (χ0) is 14.7. The zero-order valence-electron chi connectivity index (χ0n) is 10.2. The van der Waals surface area contributed by atoms with Crippen LogP contribution < -0.4 is 11.5 Å². The lowest BCUT2D eigenvalue weighted by Gasteiger charge is -2.20. The molecule has 2 unspecified atom stereocenters. The van der Waals surface area contributed by atoms with Gasteiger partial charge >= 0.3 is 0 Å². The standard InChI is InChI=1S/C12H14Cl4N2O/c1-5(3-9(18)19)2-8(17)10-6(13)4-7(14)11(15)12(10)16/h4-5,8H,2-3,17H2,1H3,(H2,18,19). The topological polar surface area (TPSA) is 69.1 Å². The average molecular weight is 344 g/mol. The average Bonchev–Trinajstić information content (AvgIpc) is 2.24. The molecule has 1 amide bonds. The molecule has 0 radical (unpaired) electrons. The van der Waals surface area contributed by atoms with Crippen molar-refractivity contribution in [1.82, 2.24) is 0 Å². The molecule has 1 rings (SSSR count). The van der Waals surface area contributed by atoms with Crippen LogP contribution in [0.5, 0.6) is 0 Å². The number of hydrogen-bond donors (Lipinski definition) is 2. The van der Waals surface area contributed by atoms with E-state index < -0.39 is 6.04 Å². The van der Waals surface area contributed by atoms with Crippen LogP contribution in [0.2, 0.25) is 20.1 Å². The van der Waals surface area contributed by atoms with Gasteiger partial charge in [-0.1, -0.05) is 53.3 Å². The number of primary amides is 1. The predicted molar refractivity (Wildman–Crippen MR) is 81.0 cm³/mol. The Morgan fingerprint density at radius 3 is 2.32 bits per heavy atom. The summed E-state index contributed by atoms with van der Waals surface area (Å²) in [7, 11) is 0. The molecule has 0 bridgehead atoms. The van der Waals surface area contributed by atoms with Crippen LogP contribution in [0.4, 0.5) is 0 Å². The first-order valence-electron chi connectivity index (χ1n) is 5.60. The molecule has 19 heavy (non-hydrogen) atoms. The molecule has 0 saturated heterocycles. The van der Waals surface area contributed by atoms with E-state index in [1.807, 2.05) is 6.92 Å². The van der Waals surface area contributed by atoms with Crippen molar-refractivity contribution in [3.05, 3.63) is 31.7 Å². The Morgan fingerprint density at radius 2 is 1.79 bits per heavy atom. The number of halogens is 4. The van der Waals surface area contributed by atoms with Gasteiger partial charge in [0, 0.05) is 23.0 Å². The lowest BCUT2D eigenvalue weighted by atomic mass is 9.94. The first-order valence-corrected chi connectivity index (χ1v) is 7.12. The highest BCUT2D eigenvalue weighted by molar-refractivity contribution is 6.49. The Morgan fingerprint density at radius 1 is 1.21 bits per heavy atom. The van der Waals surface area contributed by atoms with Crippen LogP contribution >= 0.6 is 46.4 Å². The van der Waals surface area contributed by atoms with E-state index in [-0.39, 0.29) is 33.3 Å². The number of amides is 1. The first-order chi connectivity index (χ1) is 8.73. The molecule has 0 aliphatic rings. The van der Waals surface area contributed by atoms with Crippen LogP contribution in [0.1, 0.15) is 31.4 Å². The molecule has 0 aromatic heterocycles. The second-order valence-electron chi connectivity index (χ2n) is 4.50. The summed E-state index contributed by atoms with van der Waals surface area (Å²) in [5.74, 6) is -0.347. The lowest BCUT2D eigenvalue weighted by Crippen LogP contribution is -2.20. The van der Waals surface area contributed by atoms with Crippen LogP contribution in [0.15, 0.2) is 6.07 Å². The molecule has 0 spiro atoms. The highest BCUT2D eigenvalue weighted by Crippen LogP contribution is 2.41. The summed E-state index contributed by atoms with van der Waals surface area (Å²) in [4.78, 5) is 10.9. The van der Waals surface area contributed by atoms with Gasteiger partial charge in [0.2, 0.25) is 5.91 Å². The lowest BCUT2D eigenvalue weighted by molar-refractivity contribution is -0.118. The van der Waals surface area contributed by atoms with Crippen LogP contribution in [-0.2, 0) is 4.79 Å². The maximum Gasteiger partial charge on any atom is 0.217 e. The molecule has 0 aliphatic carbocycles. The van der Waals surface area contributed by atoms with Crippen LogP contribution in [0.25, 0.3) is 0 Å². The van der Waals surface area contributed by atoms with Gasteiger partial charge in [-0.05, 0) is 18.4 Å². The third-order valence-electron chi connectivity index (χ3n) is 2.73. The van der Waals surface area contributed by atoms with Gasteiger partial charge in [-0.2, -0.15) is 0 Å². The van der Waals surface area contributed by atoms with Crippen LogP contribution in [-0.4, -0.2) is 5.91 Å². The third kappa shape index (κ3) is 4.40. The Labute approximate surface area is 132 Å². The molecule has 3 nitrogen and oxygen atoms in total. The van der Waals surface area contributed by atoms with E-state index in [1.165, 1.54) is 6.07 Å². The molecule has 0 heterocycles. The molecule has 1 aromatic carbocycles. The fourth-order valence-corrected chi connectivity index (χ4v) is 3.10. The minimum absolute atomic E-state index is 0.0223. The van der Waals surface area contributed by atoms with Crippen molar-refractivity contribution < 1.29 is 4.79 Å². The molecule has 0 aliphatic heterocycles. The number of rotatable bonds is 5. The molecule has 0 fully saturated rings. The summed E-state index contributed by atoms with van der Waals surface area (Å²) < 4.78 is 0. The van der Waals surface area contributed by atoms with Crippen molar-refractivity contribution in [2.45, 2.75) is 25.8 Å². The normalized spacial score (nSPS) is 14.2. The van der Waals surface area contributed by atoms with Crippen molar-refractivity contribution in [3.63, 3.8) is 0 Å². The minimum Gasteiger partial charge on any atom is -0.370 e. The highest BCUT2D eigenvalue weighted by Gasteiger charge is 2.21. The van der Waals surface area contributed by atoms with Crippen molar-refractivity contribution in [3.8, 4) is 0 Å². The van der Waals surface area contributed by atoms with E-state index in [1.54, 1.807) is 0 Å². The van der Waals surface area contributed by atoms with Gasteiger partial charge in [-0.25, -0.2) is 0 Å². The van der Waals surface area contributed by atoms with E-state index in [0.29, 0.717) is 17.0 Å². The van der Waals surface area contributed by atoms with Gasteiger partial charge in [0.25, 0.3) is 0 Å². The van der Waals surface area contributed by atoms with E-state index in [2.05, 4.69) is 0 Å². The van der Waals surface area contributed by atoms with Gasteiger partial charge in [-0.3, -0.25) is 4.79 Å². The quantitative estimate of drug-likeness (QED) is 0.621. The van der Waals surface area contributed by atoms with E-state index in [9.17, 15) is 4.79 Å². The van der Waals surface area contributed by atoms with Crippen molar-refractivity contribution in [2.24, 2.45) is 17.4 Å². The second-order valence-corrected chi connectivity index (χ2v) is 6.07. The van der Waals surface area contributed by atoms with Gasteiger partial charge in [-0.15, -0.1) is 0 Å². The SMILES string of the molecule is CC(CC(N)=O)CC(N)c1c(Cl)cc(Cl)c(Cl)c1Cl. The number of hydrogen-bond acceptors (Lipinski definition) is 2. The summed E-state index contributed by atoms with van der Waals surface area (Å²) in [5, 5.41) is 1.11. The summed E-state index contributed by atoms with van der Waals surface area (Å²) >= 11 is 24.0. The number of nitrogens with two attached hydrogens (primary N) is 2. The third-order valence-corrected chi connectivity index (χ3v) is 4.32. The Bertz CT molecular complexity index is 493. The fraction of sp³-hybridized carbons (Fsp3) is 0.417. The second kappa shape index (κ2) is 7.00. The molecule has 1 aromatic rings. The predicted octanol–water partition coefficient (Wildman–Crippen LogP) is 4.20. The number of benzene rings is 1. The van der Waals surface area contributed by atoms with Gasteiger partial charge in [0.15, 0.2) is 0 Å². The Hall–Kier alpha value is -0.190. The Balaban J connectivity index is 2.97. The molecule has 106 valence electrons.